The molecule has 0 heterocycles. The van der Waals surface area contributed by atoms with Crippen LogP contribution < -0.4 is 0 Å². The third-order valence-corrected chi connectivity index (χ3v) is 7.26. The van der Waals surface area contributed by atoms with Crippen molar-refractivity contribution < 1.29 is 12.6 Å². The molecule has 0 spiro atoms. The van der Waals surface area contributed by atoms with Gasteiger partial charge in [0.1, 0.15) is 0 Å². The summed E-state index contributed by atoms with van der Waals surface area (Å²) in [5, 5.41) is 0. The average Bonchev–Trinajstić information content (AvgIpc) is 2.79. The van der Waals surface area contributed by atoms with E-state index in [1.165, 1.54) is 55.2 Å². The largest absolute Gasteiger partial charge is 0.270 e. The Labute approximate surface area is 196 Å². The van der Waals surface area contributed by atoms with Crippen molar-refractivity contribution in [2.75, 3.05) is 12.4 Å². The lowest BCUT2D eigenvalue weighted by Gasteiger charge is -2.13. The Morgan fingerprint density at radius 3 is 2.03 bits per heavy atom. The fourth-order valence-electron chi connectivity index (χ4n) is 4.06. The molecule has 0 aromatic heterocycles. The van der Waals surface area contributed by atoms with Crippen molar-refractivity contribution in [2.45, 2.75) is 90.9 Å². The second-order valence-corrected chi connectivity index (χ2v) is 10.6. The Kier molecular flexibility index (Phi) is 12.7. The van der Waals surface area contributed by atoms with E-state index in [1.807, 2.05) is 30.3 Å². The zero-order valence-electron chi connectivity index (χ0n) is 20.2. The fourth-order valence-corrected chi connectivity index (χ4v) is 5.05. The summed E-state index contributed by atoms with van der Waals surface area (Å²) in [5.74, 6) is 0.0800. The number of benzene rings is 2. The molecule has 0 N–H and O–H groups in total. The highest BCUT2D eigenvalue weighted by Crippen LogP contribution is 2.19. The van der Waals surface area contributed by atoms with Crippen LogP contribution >= 0.6 is 0 Å². The molecule has 0 bridgehead atoms. The molecular formula is C28H42O3S. The van der Waals surface area contributed by atoms with Crippen LogP contribution in [-0.2, 0) is 40.0 Å². The van der Waals surface area contributed by atoms with Crippen molar-refractivity contribution in [1.29, 1.82) is 0 Å². The minimum absolute atomic E-state index is 0.0800. The average molecular weight is 459 g/mol. The van der Waals surface area contributed by atoms with Gasteiger partial charge in [-0.3, -0.25) is 4.18 Å². The smallest absolute Gasteiger partial charge is 0.267 e. The van der Waals surface area contributed by atoms with E-state index in [2.05, 4.69) is 32.0 Å². The normalized spacial score (nSPS) is 11.7. The van der Waals surface area contributed by atoms with E-state index in [9.17, 15) is 8.42 Å². The summed E-state index contributed by atoms with van der Waals surface area (Å²) in [6, 6.07) is 16.9. The van der Waals surface area contributed by atoms with Crippen LogP contribution in [0.1, 0.15) is 87.5 Å². The number of aryl methyl sites for hydroxylation is 4. The van der Waals surface area contributed by atoms with Gasteiger partial charge in [0.15, 0.2) is 0 Å². The molecule has 0 amide bonds. The first-order chi connectivity index (χ1) is 15.5. The monoisotopic (exact) mass is 458 g/mol. The molecule has 0 saturated heterocycles. The molecule has 0 atom stereocenters. The summed E-state index contributed by atoms with van der Waals surface area (Å²) in [4.78, 5) is 0. The van der Waals surface area contributed by atoms with E-state index in [1.54, 1.807) is 0 Å². The Morgan fingerprint density at radius 1 is 0.656 bits per heavy atom. The molecule has 0 aliphatic carbocycles. The second kappa shape index (κ2) is 15.2. The number of hydrogen-bond acceptors (Lipinski definition) is 3. The SMILES string of the molecule is CCCCCc1ccc(CCCOS(=O)(=O)CCCc2ccccc2)c(CCCCC)c1. The van der Waals surface area contributed by atoms with Crippen LogP contribution in [0.15, 0.2) is 48.5 Å². The molecule has 4 heteroatoms. The predicted molar refractivity (Wildman–Crippen MR) is 136 cm³/mol. The molecule has 2 aromatic carbocycles. The molecule has 2 aromatic rings. The van der Waals surface area contributed by atoms with Gasteiger partial charge >= 0.3 is 0 Å². The topological polar surface area (TPSA) is 43.4 Å². The summed E-state index contributed by atoms with van der Waals surface area (Å²) >= 11 is 0. The number of unbranched alkanes of at least 4 members (excludes halogenated alkanes) is 4. The van der Waals surface area contributed by atoms with Gasteiger partial charge in [-0.1, -0.05) is 88.1 Å². The van der Waals surface area contributed by atoms with Crippen molar-refractivity contribution in [2.24, 2.45) is 0 Å². The van der Waals surface area contributed by atoms with Gasteiger partial charge in [-0.15, -0.1) is 0 Å². The Balaban J connectivity index is 1.80. The molecule has 0 aliphatic rings. The summed E-state index contributed by atoms with van der Waals surface area (Å²) in [7, 11) is -3.45. The number of hydrogen-bond donors (Lipinski definition) is 0. The van der Waals surface area contributed by atoms with E-state index in [0.29, 0.717) is 6.42 Å². The van der Waals surface area contributed by atoms with Crippen LogP contribution in [0, 0.1) is 0 Å². The van der Waals surface area contributed by atoms with Crippen LogP contribution in [0.2, 0.25) is 0 Å². The van der Waals surface area contributed by atoms with E-state index in [4.69, 9.17) is 4.18 Å². The number of rotatable bonds is 17. The van der Waals surface area contributed by atoms with Crippen molar-refractivity contribution >= 4 is 10.1 Å². The van der Waals surface area contributed by atoms with Crippen molar-refractivity contribution in [3.8, 4) is 0 Å². The van der Waals surface area contributed by atoms with Crippen LogP contribution in [0.25, 0.3) is 0 Å². The highest BCUT2D eigenvalue weighted by molar-refractivity contribution is 7.86. The molecule has 0 aliphatic heterocycles. The first-order valence-electron chi connectivity index (χ1n) is 12.6. The van der Waals surface area contributed by atoms with Gasteiger partial charge in [-0.25, -0.2) is 0 Å². The van der Waals surface area contributed by atoms with Gasteiger partial charge in [-0.2, -0.15) is 8.42 Å². The maximum atomic E-state index is 12.2. The highest BCUT2D eigenvalue weighted by atomic mass is 32.2. The molecule has 3 nitrogen and oxygen atoms in total. The maximum Gasteiger partial charge on any atom is 0.267 e. The van der Waals surface area contributed by atoms with Crippen LogP contribution in [-0.4, -0.2) is 20.8 Å². The van der Waals surface area contributed by atoms with Crippen LogP contribution in [0.5, 0.6) is 0 Å². The minimum atomic E-state index is -3.45. The van der Waals surface area contributed by atoms with Gasteiger partial charge in [0.2, 0.25) is 0 Å². The van der Waals surface area contributed by atoms with E-state index >= 15 is 0 Å². The first kappa shape index (κ1) is 26.6. The molecule has 178 valence electrons. The van der Waals surface area contributed by atoms with Crippen molar-refractivity contribution in [3.05, 3.63) is 70.8 Å². The predicted octanol–water partition coefficient (Wildman–Crippen LogP) is 7.06. The quantitative estimate of drug-likeness (QED) is 0.188. The zero-order chi connectivity index (χ0) is 23.1. The Bertz CT molecular complexity index is 860. The van der Waals surface area contributed by atoms with Gasteiger partial charge in [0.05, 0.1) is 12.4 Å². The summed E-state index contributed by atoms with van der Waals surface area (Å²) in [6.45, 7) is 4.74. The molecule has 0 radical (unpaired) electrons. The lowest BCUT2D eigenvalue weighted by Crippen LogP contribution is -2.13. The second-order valence-electron chi connectivity index (χ2n) is 8.79. The van der Waals surface area contributed by atoms with Crippen LogP contribution in [0.3, 0.4) is 0 Å². The molecule has 0 saturated carbocycles. The maximum absolute atomic E-state index is 12.2. The molecule has 2 rings (SSSR count). The fraction of sp³-hybridized carbons (Fsp3) is 0.571. The van der Waals surface area contributed by atoms with Crippen molar-refractivity contribution in [3.63, 3.8) is 0 Å². The summed E-state index contributed by atoms with van der Waals surface area (Å²) in [6.07, 6.45) is 12.7. The van der Waals surface area contributed by atoms with Crippen molar-refractivity contribution in [1.82, 2.24) is 0 Å². The third-order valence-electron chi connectivity index (χ3n) is 5.95. The Hall–Kier alpha value is -1.65. The van der Waals surface area contributed by atoms with E-state index < -0.39 is 10.1 Å². The van der Waals surface area contributed by atoms with E-state index in [-0.39, 0.29) is 12.4 Å². The van der Waals surface area contributed by atoms with Crippen LogP contribution in [0.4, 0.5) is 0 Å². The lowest BCUT2D eigenvalue weighted by molar-refractivity contribution is 0.311. The molecule has 0 unspecified atom stereocenters. The van der Waals surface area contributed by atoms with Gasteiger partial charge in [0.25, 0.3) is 10.1 Å². The zero-order valence-corrected chi connectivity index (χ0v) is 21.0. The first-order valence-corrected chi connectivity index (χ1v) is 14.1. The Morgan fingerprint density at radius 2 is 1.31 bits per heavy atom. The third kappa shape index (κ3) is 10.8. The van der Waals surface area contributed by atoms with Gasteiger partial charge in [-0.05, 0) is 73.6 Å². The van der Waals surface area contributed by atoms with E-state index in [0.717, 1.165) is 37.7 Å². The summed E-state index contributed by atoms with van der Waals surface area (Å²) in [5.41, 5.74) is 5.39. The molecule has 0 fully saturated rings. The molecule has 32 heavy (non-hydrogen) atoms. The van der Waals surface area contributed by atoms with Gasteiger partial charge in [0, 0.05) is 0 Å². The lowest BCUT2D eigenvalue weighted by atomic mass is 9.94. The standard InChI is InChI=1S/C28H42O3S/c1-3-5-8-16-26-20-21-27(28(24-26)18-9-6-4-2)19-12-22-31-32(29,30)23-13-17-25-14-10-7-11-15-25/h7,10-11,14-15,20-21,24H,3-6,8-9,12-13,16-19,22-23H2,1-2H3. The summed E-state index contributed by atoms with van der Waals surface area (Å²) < 4.78 is 29.7. The highest BCUT2D eigenvalue weighted by Gasteiger charge is 2.12. The minimum Gasteiger partial charge on any atom is -0.270 e. The molecular weight excluding hydrogens is 416 g/mol. The van der Waals surface area contributed by atoms with Gasteiger partial charge < -0.3 is 0 Å².